The molecule has 5 nitrogen and oxygen atoms in total. The molecule has 0 aliphatic carbocycles. The summed E-state index contributed by atoms with van der Waals surface area (Å²) in [6.07, 6.45) is 7.28. The van der Waals surface area contributed by atoms with Crippen molar-refractivity contribution in [3.05, 3.63) is 17.0 Å². The molecular formula is C19H31N3O2. The van der Waals surface area contributed by atoms with Crippen molar-refractivity contribution in [2.24, 2.45) is 5.92 Å². The van der Waals surface area contributed by atoms with Crippen molar-refractivity contribution in [1.82, 2.24) is 15.0 Å². The van der Waals surface area contributed by atoms with Gasteiger partial charge in [-0.25, -0.2) is 0 Å². The van der Waals surface area contributed by atoms with E-state index in [0.29, 0.717) is 12.0 Å². The van der Waals surface area contributed by atoms with Crippen LogP contribution in [0.25, 0.3) is 0 Å². The number of rotatable bonds is 3. The summed E-state index contributed by atoms with van der Waals surface area (Å²) in [5.74, 6) is 1.87. The number of nitrogens with zero attached hydrogens (tertiary/aromatic N) is 3. The lowest BCUT2D eigenvalue weighted by atomic mass is 9.86. The molecule has 1 aromatic heterocycles. The molecule has 134 valence electrons. The first-order valence-electron chi connectivity index (χ1n) is 9.47. The summed E-state index contributed by atoms with van der Waals surface area (Å²) in [6, 6.07) is 0.464. The van der Waals surface area contributed by atoms with Gasteiger partial charge < -0.3 is 9.42 Å². The first-order valence-corrected chi connectivity index (χ1v) is 9.47. The standard InChI is InChI=1S/C19H31N3O2/c1-14-18(15(2)24-20-14)13-21-11-8-17(9-12-21)19-7-5-4-6-10-22(19)16(3)23/h17,19H,4-13H2,1-3H3/t19-/m0/s1. The van der Waals surface area contributed by atoms with E-state index in [4.69, 9.17) is 4.52 Å². The lowest BCUT2D eigenvalue weighted by molar-refractivity contribution is -0.132. The van der Waals surface area contributed by atoms with Gasteiger partial charge in [0.15, 0.2) is 0 Å². The summed E-state index contributed by atoms with van der Waals surface area (Å²) in [7, 11) is 0. The van der Waals surface area contributed by atoms with Gasteiger partial charge in [-0.15, -0.1) is 0 Å². The number of hydrogen-bond donors (Lipinski definition) is 0. The Bertz CT molecular complexity index is 541. The zero-order chi connectivity index (χ0) is 17.1. The van der Waals surface area contributed by atoms with E-state index in [0.717, 1.165) is 37.6 Å². The molecule has 24 heavy (non-hydrogen) atoms. The van der Waals surface area contributed by atoms with Crippen LogP contribution in [0.4, 0.5) is 0 Å². The Balaban J connectivity index is 1.58. The Labute approximate surface area is 145 Å². The van der Waals surface area contributed by atoms with Crippen LogP contribution in [-0.2, 0) is 11.3 Å². The highest BCUT2D eigenvalue weighted by atomic mass is 16.5. The third-order valence-corrected chi connectivity index (χ3v) is 5.94. The predicted octanol–water partition coefficient (Wildman–Crippen LogP) is 3.29. The summed E-state index contributed by atoms with van der Waals surface area (Å²) < 4.78 is 5.29. The van der Waals surface area contributed by atoms with Crippen LogP contribution in [0.15, 0.2) is 4.52 Å². The number of likely N-dealkylation sites (tertiary alicyclic amines) is 2. The lowest BCUT2D eigenvalue weighted by Crippen LogP contribution is -2.47. The minimum atomic E-state index is 0.264. The summed E-state index contributed by atoms with van der Waals surface area (Å²) >= 11 is 0. The number of amides is 1. The minimum absolute atomic E-state index is 0.264. The van der Waals surface area contributed by atoms with Crippen molar-refractivity contribution in [1.29, 1.82) is 0 Å². The summed E-state index contributed by atoms with van der Waals surface area (Å²) in [6.45, 7) is 9.88. The van der Waals surface area contributed by atoms with Crippen molar-refractivity contribution >= 4 is 5.91 Å². The monoisotopic (exact) mass is 333 g/mol. The second kappa shape index (κ2) is 7.68. The van der Waals surface area contributed by atoms with Gasteiger partial charge in [0.2, 0.25) is 5.91 Å². The van der Waals surface area contributed by atoms with E-state index in [1.165, 1.54) is 44.1 Å². The molecule has 2 saturated heterocycles. The lowest BCUT2D eigenvalue weighted by Gasteiger charge is -2.40. The summed E-state index contributed by atoms with van der Waals surface area (Å²) in [4.78, 5) is 16.7. The number of piperidine rings is 1. The molecule has 1 aromatic rings. The van der Waals surface area contributed by atoms with Crippen molar-refractivity contribution in [2.75, 3.05) is 19.6 Å². The van der Waals surface area contributed by atoms with Crippen LogP contribution in [0.5, 0.6) is 0 Å². The number of aromatic nitrogens is 1. The zero-order valence-corrected chi connectivity index (χ0v) is 15.4. The van der Waals surface area contributed by atoms with Gasteiger partial charge in [-0.05, 0) is 58.5 Å². The van der Waals surface area contributed by atoms with Crippen LogP contribution < -0.4 is 0 Å². The van der Waals surface area contributed by atoms with E-state index in [-0.39, 0.29) is 5.91 Å². The van der Waals surface area contributed by atoms with Crippen molar-refractivity contribution in [3.63, 3.8) is 0 Å². The average molecular weight is 333 g/mol. The number of carbonyl (C=O) groups is 1. The molecule has 3 heterocycles. The molecule has 0 bridgehead atoms. The first-order chi connectivity index (χ1) is 11.6. The topological polar surface area (TPSA) is 49.6 Å². The molecule has 5 heteroatoms. The third kappa shape index (κ3) is 3.82. The van der Waals surface area contributed by atoms with Gasteiger partial charge in [-0.2, -0.15) is 0 Å². The Morgan fingerprint density at radius 2 is 1.88 bits per heavy atom. The van der Waals surface area contributed by atoms with Crippen LogP contribution in [0, 0.1) is 19.8 Å². The van der Waals surface area contributed by atoms with Crippen LogP contribution in [0.2, 0.25) is 0 Å². The normalized spacial score (nSPS) is 24.1. The van der Waals surface area contributed by atoms with Crippen LogP contribution in [0.1, 0.15) is 62.5 Å². The second-order valence-electron chi connectivity index (χ2n) is 7.55. The fourth-order valence-corrected chi connectivity index (χ4v) is 4.46. The maximum absolute atomic E-state index is 12.1. The van der Waals surface area contributed by atoms with E-state index < -0.39 is 0 Å². The van der Waals surface area contributed by atoms with Crippen LogP contribution in [0.3, 0.4) is 0 Å². The summed E-state index contributed by atoms with van der Waals surface area (Å²) in [5.41, 5.74) is 2.26. The number of hydrogen-bond acceptors (Lipinski definition) is 4. The Morgan fingerprint density at radius 1 is 1.12 bits per heavy atom. The predicted molar refractivity (Wildman–Crippen MR) is 93.6 cm³/mol. The average Bonchev–Trinajstić information content (AvgIpc) is 2.79. The molecule has 1 atom stereocenters. The highest BCUT2D eigenvalue weighted by Crippen LogP contribution is 2.31. The Morgan fingerprint density at radius 3 is 2.50 bits per heavy atom. The zero-order valence-electron chi connectivity index (χ0n) is 15.4. The van der Waals surface area contributed by atoms with Gasteiger partial charge in [0.25, 0.3) is 0 Å². The molecule has 0 N–H and O–H groups in total. The Kier molecular flexibility index (Phi) is 5.59. The quantitative estimate of drug-likeness (QED) is 0.851. The molecule has 0 spiro atoms. The smallest absolute Gasteiger partial charge is 0.219 e. The number of carbonyl (C=O) groups excluding carboxylic acids is 1. The molecule has 2 fully saturated rings. The van der Waals surface area contributed by atoms with Gasteiger partial charge in [-0.3, -0.25) is 9.69 Å². The van der Waals surface area contributed by atoms with E-state index in [1.54, 1.807) is 6.92 Å². The second-order valence-corrected chi connectivity index (χ2v) is 7.55. The molecule has 0 radical (unpaired) electrons. The fourth-order valence-electron chi connectivity index (χ4n) is 4.46. The van der Waals surface area contributed by atoms with E-state index in [9.17, 15) is 4.79 Å². The van der Waals surface area contributed by atoms with E-state index >= 15 is 0 Å². The third-order valence-electron chi connectivity index (χ3n) is 5.94. The summed E-state index contributed by atoms with van der Waals surface area (Å²) in [5, 5.41) is 4.06. The Hall–Kier alpha value is -1.36. The molecule has 0 unspecified atom stereocenters. The molecule has 2 aliphatic rings. The van der Waals surface area contributed by atoms with E-state index in [2.05, 4.69) is 15.0 Å². The van der Waals surface area contributed by atoms with E-state index in [1.807, 2.05) is 13.8 Å². The number of aryl methyl sites for hydroxylation is 2. The van der Waals surface area contributed by atoms with Crippen LogP contribution in [-0.4, -0.2) is 46.5 Å². The van der Waals surface area contributed by atoms with Gasteiger partial charge in [0.05, 0.1) is 5.69 Å². The van der Waals surface area contributed by atoms with Gasteiger partial charge >= 0.3 is 0 Å². The highest BCUT2D eigenvalue weighted by molar-refractivity contribution is 5.73. The van der Waals surface area contributed by atoms with Crippen LogP contribution >= 0.6 is 0 Å². The molecule has 2 aliphatic heterocycles. The minimum Gasteiger partial charge on any atom is -0.361 e. The molecular weight excluding hydrogens is 302 g/mol. The van der Waals surface area contributed by atoms with Gasteiger partial charge in [0, 0.05) is 31.6 Å². The molecule has 1 amide bonds. The molecule has 3 rings (SSSR count). The van der Waals surface area contributed by atoms with Gasteiger partial charge in [0.1, 0.15) is 5.76 Å². The van der Waals surface area contributed by atoms with Crippen molar-refractivity contribution < 1.29 is 9.32 Å². The largest absolute Gasteiger partial charge is 0.361 e. The maximum atomic E-state index is 12.1. The van der Waals surface area contributed by atoms with Crippen molar-refractivity contribution in [2.45, 2.75) is 71.9 Å². The fraction of sp³-hybridized carbons (Fsp3) is 0.789. The highest BCUT2D eigenvalue weighted by Gasteiger charge is 2.33. The SMILES string of the molecule is CC(=O)N1CCCCC[C@H]1C1CCN(Cc2c(C)noc2C)CC1. The van der Waals surface area contributed by atoms with Gasteiger partial charge in [-0.1, -0.05) is 18.0 Å². The maximum Gasteiger partial charge on any atom is 0.219 e. The first kappa shape index (κ1) is 17.5. The van der Waals surface area contributed by atoms with Crippen molar-refractivity contribution in [3.8, 4) is 0 Å². The molecule has 0 saturated carbocycles. The molecule has 0 aromatic carbocycles.